The van der Waals surface area contributed by atoms with Gasteiger partial charge in [0.15, 0.2) is 0 Å². The number of benzene rings is 1. The number of nitrogens with one attached hydrogen (secondary N) is 1. The highest BCUT2D eigenvalue weighted by Crippen LogP contribution is 2.21. The number of amides is 2. The average Bonchev–Trinajstić information content (AvgIpc) is 3.23. The van der Waals surface area contributed by atoms with Gasteiger partial charge in [-0.05, 0) is 30.5 Å². The Morgan fingerprint density at radius 3 is 2.36 bits per heavy atom. The number of carboxylic acids is 1. The highest BCUT2D eigenvalue weighted by Gasteiger charge is 2.38. The molecule has 33 heavy (non-hydrogen) atoms. The van der Waals surface area contributed by atoms with Crippen molar-refractivity contribution in [3.63, 3.8) is 0 Å². The number of hydrogen-bond acceptors (Lipinski definition) is 5. The van der Waals surface area contributed by atoms with E-state index in [-0.39, 0.29) is 5.82 Å². The molecule has 0 bridgehead atoms. The molecule has 0 radical (unpaired) electrons. The molecule has 0 saturated carbocycles. The fraction of sp³-hybridized carbons (Fsp3) is 0.400. The van der Waals surface area contributed by atoms with Gasteiger partial charge in [-0.15, -0.1) is 5.10 Å². The van der Waals surface area contributed by atoms with Crippen molar-refractivity contribution in [3.05, 3.63) is 53.6 Å². The molecule has 13 heteroatoms. The predicted molar refractivity (Wildman–Crippen MR) is 110 cm³/mol. The van der Waals surface area contributed by atoms with Crippen LogP contribution in [0.3, 0.4) is 0 Å². The van der Waals surface area contributed by atoms with Crippen LogP contribution in [0.15, 0.2) is 36.5 Å². The number of piperidine rings is 1. The summed E-state index contributed by atoms with van der Waals surface area (Å²) in [6.07, 6.45) is 2.90. The minimum absolute atomic E-state index is 0.217. The second-order valence-corrected chi connectivity index (χ2v) is 7.20. The van der Waals surface area contributed by atoms with Gasteiger partial charge in [0.2, 0.25) is 0 Å². The van der Waals surface area contributed by atoms with E-state index in [4.69, 9.17) is 15.6 Å². The first-order valence-corrected chi connectivity index (χ1v) is 9.93. The van der Waals surface area contributed by atoms with E-state index in [9.17, 15) is 22.4 Å². The normalized spacial score (nSPS) is 15.2. The van der Waals surface area contributed by atoms with E-state index in [1.807, 2.05) is 17.0 Å². The maximum absolute atomic E-state index is 12.9. The maximum atomic E-state index is 12.9. The monoisotopic (exact) mass is 472 g/mol. The highest BCUT2D eigenvalue weighted by atomic mass is 19.4. The van der Waals surface area contributed by atoms with E-state index in [1.54, 1.807) is 12.1 Å². The Morgan fingerprint density at radius 2 is 1.82 bits per heavy atom. The van der Waals surface area contributed by atoms with Crippen molar-refractivity contribution in [1.82, 2.24) is 25.2 Å². The lowest BCUT2D eigenvalue weighted by Gasteiger charge is -2.30. The molecule has 3 rings (SSSR count). The fourth-order valence-corrected chi connectivity index (χ4v) is 3.03. The third kappa shape index (κ3) is 9.27. The van der Waals surface area contributed by atoms with Gasteiger partial charge in [0.25, 0.3) is 0 Å². The van der Waals surface area contributed by atoms with E-state index >= 15 is 0 Å². The zero-order valence-electron chi connectivity index (χ0n) is 17.5. The number of carboxylic acid groups (broad SMARTS) is 1. The molecule has 180 valence electrons. The average molecular weight is 472 g/mol. The van der Waals surface area contributed by atoms with Crippen LogP contribution in [0, 0.1) is 5.82 Å². The molecule has 1 aliphatic rings. The van der Waals surface area contributed by atoms with Crippen molar-refractivity contribution in [2.45, 2.75) is 31.6 Å². The van der Waals surface area contributed by atoms with Crippen LogP contribution in [0.5, 0.6) is 0 Å². The number of urea groups is 1. The third-order valence-corrected chi connectivity index (χ3v) is 4.72. The second-order valence-electron chi connectivity index (χ2n) is 7.20. The topological polar surface area (TPSA) is 126 Å². The lowest BCUT2D eigenvalue weighted by molar-refractivity contribution is -0.192. The van der Waals surface area contributed by atoms with Crippen LogP contribution in [0.25, 0.3) is 6.08 Å². The Morgan fingerprint density at radius 1 is 1.21 bits per heavy atom. The number of likely N-dealkylation sites (tertiary alicyclic amines) is 1. The third-order valence-electron chi connectivity index (χ3n) is 4.72. The van der Waals surface area contributed by atoms with Gasteiger partial charge in [0, 0.05) is 19.6 Å². The van der Waals surface area contributed by atoms with E-state index < -0.39 is 18.2 Å². The maximum Gasteiger partial charge on any atom is 0.490 e. The number of nitrogens with zero attached hydrogens (tertiary/aromatic N) is 4. The van der Waals surface area contributed by atoms with Crippen molar-refractivity contribution >= 4 is 18.1 Å². The number of rotatable bonds is 6. The standard InChI is InChI=1S/C18H23FN6O.C2HF3O2/c19-15-5-3-14(4-6-15)2-1-9-24-10-7-17(8-11-24)25-13-16(22-23-25)12-21-18(20)26;3-2(4,5)1(6)7/h1-6,13,17H,7-12H2,(H3,20,21,26);(H,6,7). The van der Waals surface area contributed by atoms with E-state index in [0.29, 0.717) is 18.3 Å². The molecular weight excluding hydrogens is 448 g/mol. The first-order valence-electron chi connectivity index (χ1n) is 9.93. The number of aromatic nitrogens is 3. The molecule has 4 N–H and O–H groups in total. The molecule has 2 heterocycles. The summed E-state index contributed by atoms with van der Waals surface area (Å²) in [5, 5.41) is 17.9. The Bertz CT molecular complexity index is 938. The van der Waals surface area contributed by atoms with Crippen LogP contribution < -0.4 is 11.1 Å². The summed E-state index contributed by atoms with van der Waals surface area (Å²) in [6, 6.07) is 6.23. The van der Waals surface area contributed by atoms with E-state index in [2.05, 4.69) is 26.6 Å². The lowest BCUT2D eigenvalue weighted by atomic mass is 10.1. The largest absolute Gasteiger partial charge is 0.490 e. The molecular formula is C20H24F4N6O3. The number of aliphatic carboxylic acids is 1. The molecule has 0 spiro atoms. The zero-order chi connectivity index (χ0) is 24.4. The summed E-state index contributed by atoms with van der Waals surface area (Å²) in [4.78, 5) is 22.0. The van der Waals surface area contributed by atoms with Crippen LogP contribution in [-0.2, 0) is 11.3 Å². The lowest BCUT2D eigenvalue weighted by Crippen LogP contribution is -2.34. The van der Waals surface area contributed by atoms with Crippen LogP contribution in [0.2, 0.25) is 0 Å². The first-order chi connectivity index (χ1) is 15.5. The number of carbonyl (C=O) groups is 2. The van der Waals surface area contributed by atoms with Gasteiger partial charge < -0.3 is 16.2 Å². The van der Waals surface area contributed by atoms with Crippen molar-refractivity contribution in [1.29, 1.82) is 0 Å². The van der Waals surface area contributed by atoms with Crippen molar-refractivity contribution < 1.29 is 32.3 Å². The molecule has 1 aliphatic heterocycles. The molecule has 1 aromatic heterocycles. The molecule has 0 atom stereocenters. The summed E-state index contributed by atoms with van der Waals surface area (Å²) in [6.45, 7) is 3.12. The van der Waals surface area contributed by atoms with Crippen molar-refractivity contribution in [3.8, 4) is 0 Å². The zero-order valence-corrected chi connectivity index (χ0v) is 17.5. The van der Waals surface area contributed by atoms with Crippen LogP contribution in [-0.4, -0.2) is 62.8 Å². The van der Waals surface area contributed by atoms with Crippen LogP contribution >= 0.6 is 0 Å². The van der Waals surface area contributed by atoms with Crippen molar-refractivity contribution in [2.75, 3.05) is 19.6 Å². The number of carbonyl (C=O) groups excluding carboxylic acids is 1. The Hall–Kier alpha value is -3.48. The molecule has 0 aliphatic carbocycles. The van der Waals surface area contributed by atoms with Gasteiger partial charge in [0.1, 0.15) is 11.5 Å². The van der Waals surface area contributed by atoms with Crippen LogP contribution in [0.4, 0.5) is 22.4 Å². The molecule has 1 saturated heterocycles. The minimum atomic E-state index is -5.08. The van der Waals surface area contributed by atoms with Gasteiger partial charge in [-0.2, -0.15) is 13.2 Å². The molecule has 0 unspecified atom stereocenters. The Balaban J connectivity index is 0.000000479. The van der Waals surface area contributed by atoms with Gasteiger partial charge in [0.05, 0.1) is 18.8 Å². The highest BCUT2D eigenvalue weighted by molar-refractivity contribution is 5.73. The Kier molecular flexibility index (Phi) is 9.33. The summed E-state index contributed by atoms with van der Waals surface area (Å²) < 4.78 is 46.5. The molecule has 1 fully saturated rings. The molecule has 9 nitrogen and oxygen atoms in total. The number of nitrogens with two attached hydrogens (primary N) is 1. The van der Waals surface area contributed by atoms with Gasteiger partial charge in [-0.3, -0.25) is 4.90 Å². The number of halogens is 4. The van der Waals surface area contributed by atoms with Gasteiger partial charge in [-0.25, -0.2) is 18.7 Å². The summed E-state index contributed by atoms with van der Waals surface area (Å²) in [5.41, 5.74) is 6.76. The first kappa shape index (κ1) is 25.8. The minimum Gasteiger partial charge on any atom is -0.475 e. The van der Waals surface area contributed by atoms with Crippen LogP contribution in [0.1, 0.15) is 30.1 Å². The second kappa shape index (κ2) is 11.9. The SMILES string of the molecule is NC(=O)NCc1cn(C2CCN(CC=Cc3ccc(F)cc3)CC2)nn1.O=C(O)C(F)(F)F. The predicted octanol–water partition coefficient (Wildman–Crippen LogP) is 2.57. The number of primary amides is 1. The van der Waals surface area contributed by atoms with Gasteiger partial charge >= 0.3 is 18.2 Å². The smallest absolute Gasteiger partial charge is 0.475 e. The van der Waals surface area contributed by atoms with Crippen molar-refractivity contribution in [2.24, 2.45) is 5.73 Å². The van der Waals surface area contributed by atoms with E-state index in [1.165, 1.54) is 12.1 Å². The van der Waals surface area contributed by atoms with E-state index in [0.717, 1.165) is 38.0 Å². The molecule has 2 amide bonds. The summed E-state index contributed by atoms with van der Waals surface area (Å²) in [7, 11) is 0. The molecule has 2 aromatic rings. The Labute approximate surface area is 186 Å². The fourth-order valence-electron chi connectivity index (χ4n) is 3.03. The quantitative estimate of drug-likeness (QED) is 0.555. The van der Waals surface area contributed by atoms with Gasteiger partial charge in [-0.1, -0.05) is 29.5 Å². The number of alkyl halides is 3. The summed E-state index contributed by atoms with van der Waals surface area (Å²) in [5.74, 6) is -2.97. The number of hydrogen-bond donors (Lipinski definition) is 3. The molecule has 1 aromatic carbocycles. The summed E-state index contributed by atoms with van der Waals surface area (Å²) >= 11 is 0.